The number of nitrogens with one attached hydrogen (secondary N) is 1. The van der Waals surface area contributed by atoms with Crippen LogP contribution in [0, 0.1) is 25.2 Å². The highest BCUT2D eigenvalue weighted by atomic mass is 16.5. The summed E-state index contributed by atoms with van der Waals surface area (Å²) >= 11 is 0. The van der Waals surface area contributed by atoms with E-state index in [0.29, 0.717) is 25.0 Å². The van der Waals surface area contributed by atoms with Gasteiger partial charge in [0, 0.05) is 31.4 Å². The molecule has 3 aliphatic rings. The van der Waals surface area contributed by atoms with Crippen molar-refractivity contribution in [3.05, 3.63) is 70.4 Å². The molecule has 36 heavy (non-hydrogen) atoms. The van der Waals surface area contributed by atoms with Gasteiger partial charge in [-0.25, -0.2) is 9.97 Å². The Kier molecular flexibility index (Phi) is 5.67. The number of aryl methyl sites for hydroxylation is 1. The van der Waals surface area contributed by atoms with Crippen molar-refractivity contribution >= 4 is 11.9 Å². The van der Waals surface area contributed by atoms with E-state index in [1.165, 1.54) is 29.4 Å². The molecule has 2 atom stereocenters. The second kappa shape index (κ2) is 8.89. The molecular formula is C29H32N4O3. The number of aromatic nitrogens is 2. The Hall–Kier alpha value is -3.45. The Bertz CT molecular complexity index is 1340. The zero-order chi connectivity index (χ0) is 24.9. The van der Waals surface area contributed by atoms with E-state index in [1.54, 1.807) is 6.20 Å². The zero-order valence-corrected chi connectivity index (χ0v) is 21.1. The van der Waals surface area contributed by atoms with E-state index in [0.717, 1.165) is 55.0 Å². The third-order valence-electron chi connectivity index (χ3n) is 8.13. The molecule has 0 unspecified atom stereocenters. The van der Waals surface area contributed by atoms with Gasteiger partial charge in [0.2, 0.25) is 5.95 Å². The van der Waals surface area contributed by atoms with Gasteiger partial charge in [-0.05, 0) is 79.6 Å². The number of fused-ring (bicyclic) bond motifs is 2. The standard InChI is InChI=1S/C29H32N4O3/c1-18-4-7-26(36-16-21-6-5-20-14-30-10-8-23(20)19(21)2)24(12-18)25-9-11-31-28(32-25)33-15-22-13-29(22,17-33)27(34)35-3/h4-7,9,11-12,22,30H,8,10,13-17H2,1-3H3/t22-,29-/m0/s1. The third-order valence-corrected chi connectivity index (χ3v) is 8.13. The molecule has 0 spiro atoms. The minimum Gasteiger partial charge on any atom is -0.488 e. The summed E-state index contributed by atoms with van der Waals surface area (Å²) in [4.78, 5) is 23.9. The quantitative estimate of drug-likeness (QED) is 0.530. The minimum atomic E-state index is -0.380. The second-order valence-corrected chi connectivity index (χ2v) is 10.4. The number of benzene rings is 2. The Balaban J connectivity index is 1.25. The van der Waals surface area contributed by atoms with Crippen LogP contribution in [-0.2, 0) is 29.1 Å². The highest BCUT2D eigenvalue weighted by molar-refractivity contribution is 5.83. The van der Waals surface area contributed by atoms with Gasteiger partial charge in [-0.1, -0.05) is 23.8 Å². The summed E-state index contributed by atoms with van der Waals surface area (Å²) in [5.41, 5.74) is 7.92. The number of piperidine rings is 1. The van der Waals surface area contributed by atoms with Gasteiger partial charge in [-0.15, -0.1) is 0 Å². The lowest BCUT2D eigenvalue weighted by molar-refractivity contribution is -0.146. The Morgan fingerprint density at radius 1 is 1.22 bits per heavy atom. The molecule has 0 bridgehead atoms. The Labute approximate surface area is 211 Å². The Morgan fingerprint density at radius 3 is 2.97 bits per heavy atom. The van der Waals surface area contributed by atoms with Crippen LogP contribution in [0.15, 0.2) is 42.6 Å². The molecule has 2 aliphatic heterocycles. The maximum atomic E-state index is 12.3. The van der Waals surface area contributed by atoms with Crippen LogP contribution in [0.3, 0.4) is 0 Å². The first-order valence-corrected chi connectivity index (χ1v) is 12.7. The highest BCUT2D eigenvalue weighted by Gasteiger charge is 2.66. The number of ether oxygens (including phenoxy) is 2. The first-order valence-electron chi connectivity index (χ1n) is 12.7. The van der Waals surface area contributed by atoms with Crippen LogP contribution in [0.2, 0.25) is 0 Å². The van der Waals surface area contributed by atoms with Crippen LogP contribution in [0.25, 0.3) is 11.3 Å². The molecule has 1 aliphatic carbocycles. The number of esters is 1. The van der Waals surface area contributed by atoms with E-state index in [9.17, 15) is 4.79 Å². The smallest absolute Gasteiger partial charge is 0.313 e. The van der Waals surface area contributed by atoms with Crippen LogP contribution in [0.5, 0.6) is 5.75 Å². The number of rotatable bonds is 6. The predicted molar refractivity (Wildman–Crippen MR) is 138 cm³/mol. The molecule has 1 aromatic heterocycles. The first-order chi connectivity index (χ1) is 17.5. The largest absolute Gasteiger partial charge is 0.488 e. The molecule has 186 valence electrons. The van der Waals surface area contributed by atoms with Crippen molar-refractivity contribution in [1.29, 1.82) is 0 Å². The molecule has 1 saturated heterocycles. The van der Waals surface area contributed by atoms with E-state index in [-0.39, 0.29) is 11.4 Å². The van der Waals surface area contributed by atoms with E-state index < -0.39 is 0 Å². The Morgan fingerprint density at radius 2 is 2.11 bits per heavy atom. The fourth-order valence-electron chi connectivity index (χ4n) is 5.90. The SMILES string of the molecule is COC(=O)[C@]12C[C@H]1CN(c1nccc(-c3cc(C)ccc3OCc3ccc4c(c3C)CCNC4)n1)C2. The molecule has 2 fully saturated rings. The van der Waals surface area contributed by atoms with Crippen LogP contribution < -0.4 is 15.0 Å². The lowest BCUT2D eigenvalue weighted by Gasteiger charge is -2.22. The van der Waals surface area contributed by atoms with Crippen LogP contribution in [0.4, 0.5) is 5.95 Å². The molecule has 1 saturated carbocycles. The molecule has 0 radical (unpaired) electrons. The summed E-state index contributed by atoms with van der Waals surface area (Å²) in [6.45, 7) is 8.14. The van der Waals surface area contributed by atoms with Crippen molar-refractivity contribution in [2.45, 2.75) is 39.8 Å². The molecule has 3 aromatic rings. The number of carbonyl (C=O) groups is 1. The number of nitrogens with zero attached hydrogens (tertiary/aromatic N) is 3. The molecular weight excluding hydrogens is 452 g/mol. The molecule has 7 heteroatoms. The fourth-order valence-corrected chi connectivity index (χ4v) is 5.90. The van der Waals surface area contributed by atoms with Gasteiger partial charge in [-0.2, -0.15) is 0 Å². The van der Waals surface area contributed by atoms with Crippen molar-refractivity contribution in [2.75, 3.05) is 31.6 Å². The average Bonchev–Trinajstić information content (AvgIpc) is 3.48. The summed E-state index contributed by atoms with van der Waals surface area (Å²) in [5.74, 6) is 1.66. The summed E-state index contributed by atoms with van der Waals surface area (Å²) in [7, 11) is 1.47. The van der Waals surface area contributed by atoms with Crippen molar-refractivity contribution in [3.8, 4) is 17.0 Å². The molecule has 0 amide bonds. The van der Waals surface area contributed by atoms with Crippen molar-refractivity contribution in [1.82, 2.24) is 15.3 Å². The average molecular weight is 485 g/mol. The topological polar surface area (TPSA) is 76.6 Å². The number of carbonyl (C=O) groups excluding carboxylic acids is 1. The van der Waals surface area contributed by atoms with Gasteiger partial charge in [0.1, 0.15) is 12.4 Å². The second-order valence-electron chi connectivity index (χ2n) is 10.4. The zero-order valence-electron chi connectivity index (χ0n) is 21.1. The summed E-state index contributed by atoms with van der Waals surface area (Å²) in [6.07, 6.45) is 3.74. The van der Waals surface area contributed by atoms with Crippen LogP contribution in [-0.4, -0.2) is 42.7 Å². The van der Waals surface area contributed by atoms with E-state index in [1.807, 2.05) is 12.1 Å². The van der Waals surface area contributed by atoms with Gasteiger partial charge in [0.25, 0.3) is 0 Å². The monoisotopic (exact) mass is 484 g/mol. The van der Waals surface area contributed by atoms with Gasteiger partial charge >= 0.3 is 5.97 Å². The minimum absolute atomic E-state index is 0.116. The van der Waals surface area contributed by atoms with Gasteiger partial charge in [0.15, 0.2) is 0 Å². The summed E-state index contributed by atoms with van der Waals surface area (Å²) in [6, 6.07) is 12.6. The molecule has 3 heterocycles. The summed E-state index contributed by atoms with van der Waals surface area (Å²) < 4.78 is 11.5. The lowest BCUT2D eigenvalue weighted by atomic mass is 9.93. The van der Waals surface area contributed by atoms with Crippen molar-refractivity contribution < 1.29 is 14.3 Å². The maximum Gasteiger partial charge on any atom is 0.313 e. The lowest BCUT2D eigenvalue weighted by Crippen LogP contribution is -2.30. The van der Waals surface area contributed by atoms with Crippen molar-refractivity contribution in [2.24, 2.45) is 11.3 Å². The highest BCUT2D eigenvalue weighted by Crippen LogP contribution is 2.58. The number of hydrogen-bond acceptors (Lipinski definition) is 7. The molecule has 2 aromatic carbocycles. The van der Waals surface area contributed by atoms with E-state index in [2.05, 4.69) is 53.3 Å². The predicted octanol–water partition coefficient (Wildman–Crippen LogP) is 3.98. The van der Waals surface area contributed by atoms with Crippen LogP contribution in [0.1, 0.15) is 34.2 Å². The van der Waals surface area contributed by atoms with E-state index >= 15 is 0 Å². The molecule has 6 rings (SSSR count). The maximum absolute atomic E-state index is 12.3. The van der Waals surface area contributed by atoms with Gasteiger partial charge in [0.05, 0.1) is 18.2 Å². The van der Waals surface area contributed by atoms with Gasteiger partial charge < -0.3 is 19.7 Å². The molecule has 1 N–H and O–H groups in total. The van der Waals surface area contributed by atoms with Gasteiger partial charge in [-0.3, -0.25) is 4.79 Å². The number of methoxy groups -OCH3 is 1. The van der Waals surface area contributed by atoms with Crippen LogP contribution >= 0.6 is 0 Å². The number of anilines is 1. The normalized spacial score (nSPS) is 22.1. The fraction of sp³-hybridized carbons (Fsp3) is 0.414. The first kappa shape index (κ1) is 23.0. The van der Waals surface area contributed by atoms with Crippen molar-refractivity contribution in [3.63, 3.8) is 0 Å². The summed E-state index contributed by atoms with van der Waals surface area (Å²) in [5, 5.41) is 3.45. The third kappa shape index (κ3) is 3.91. The molecule has 7 nitrogen and oxygen atoms in total. The number of hydrogen-bond donors (Lipinski definition) is 1. The van der Waals surface area contributed by atoms with E-state index in [4.69, 9.17) is 14.5 Å².